The normalized spacial score (nSPS) is 17.6. The summed E-state index contributed by atoms with van der Waals surface area (Å²) >= 11 is 0. The van der Waals surface area contributed by atoms with Gasteiger partial charge >= 0.3 is 5.97 Å². The second-order valence-electron chi connectivity index (χ2n) is 4.33. The fourth-order valence-electron chi connectivity index (χ4n) is 1.67. The molecular formula is C11H20N2O3. The molecule has 5 heteroatoms. The van der Waals surface area contributed by atoms with E-state index in [1.54, 1.807) is 0 Å². The third-order valence-corrected chi connectivity index (χ3v) is 2.82. The van der Waals surface area contributed by atoms with Crippen LogP contribution in [-0.4, -0.2) is 36.1 Å². The van der Waals surface area contributed by atoms with E-state index in [4.69, 9.17) is 5.11 Å². The van der Waals surface area contributed by atoms with Crippen LogP contribution in [-0.2, 0) is 9.59 Å². The maximum absolute atomic E-state index is 11.5. The number of carboxylic acids is 1. The number of carbonyl (C=O) groups excluding carboxylic acids is 1. The number of amides is 1. The van der Waals surface area contributed by atoms with E-state index in [0.29, 0.717) is 18.8 Å². The Morgan fingerprint density at radius 3 is 2.62 bits per heavy atom. The largest absolute Gasteiger partial charge is 0.480 e. The first-order valence-corrected chi connectivity index (χ1v) is 5.86. The van der Waals surface area contributed by atoms with Crippen molar-refractivity contribution < 1.29 is 14.7 Å². The number of hydrogen-bond donors (Lipinski definition) is 3. The van der Waals surface area contributed by atoms with Gasteiger partial charge in [-0.3, -0.25) is 4.79 Å². The predicted octanol–water partition coefficient (Wildman–Crippen LogP) is 0.355. The molecular weight excluding hydrogens is 208 g/mol. The van der Waals surface area contributed by atoms with Crippen LogP contribution in [0.5, 0.6) is 0 Å². The SMILES string of the molecule is CCCCC(NC(=O)CC1CNC1)C(=O)O. The molecule has 1 unspecified atom stereocenters. The summed E-state index contributed by atoms with van der Waals surface area (Å²) < 4.78 is 0. The number of rotatable bonds is 7. The van der Waals surface area contributed by atoms with Gasteiger partial charge in [-0.1, -0.05) is 19.8 Å². The number of hydrogen-bond acceptors (Lipinski definition) is 3. The zero-order valence-electron chi connectivity index (χ0n) is 9.66. The van der Waals surface area contributed by atoms with E-state index in [-0.39, 0.29) is 5.91 Å². The standard InChI is InChI=1S/C11H20N2O3/c1-2-3-4-9(11(15)16)13-10(14)5-8-6-12-7-8/h8-9,12H,2-7H2,1H3,(H,13,14)(H,15,16). The summed E-state index contributed by atoms with van der Waals surface area (Å²) in [6.45, 7) is 3.72. The Balaban J connectivity index is 2.28. The number of carboxylic acid groups (broad SMARTS) is 1. The smallest absolute Gasteiger partial charge is 0.326 e. The van der Waals surface area contributed by atoms with Gasteiger partial charge < -0.3 is 15.7 Å². The predicted molar refractivity (Wildman–Crippen MR) is 60.1 cm³/mol. The van der Waals surface area contributed by atoms with Crippen molar-refractivity contribution in [1.29, 1.82) is 0 Å². The monoisotopic (exact) mass is 228 g/mol. The fourth-order valence-corrected chi connectivity index (χ4v) is 1.67. The molecule has 16 heavy (non-hydrogen) atoms. The Morgan fingerprint density at radius 1 is 1.50 bits per heavy atom. The van der Waals surface area contributed by atoms with E-state index >= 15 is 0 Å². The molecule has 0 spiro atoms. The van der Waals surface area contributed by atoms with Crippen molar-refractivity contribution in [3.05, 3.63) is 0 Å². The first-order valence-electron chi connectivity index (χ1n) is 5.86. The fraction of sp³-hybridized carbons (Fsp3) is 0.818. The van der Waals surface area contributed by atoms with Gasteiger partial charge in [0.15, 0.2) is 0 Å². The van der Waals surface area contributed by atoms with Gasteiger partial charge in [-0.25, -0.2) is 4.79 Å². The molecule has 0 radical (unpaired) electrons. The summed E-state index contributed by atoms with van der Waals surface area (Å²) in [6.07, 6.45) is 2.71. The van der Waals surface area contributed by atoms with E-state index in [2.05, 4.69) is 10.6 Å². The van der Waals surface area contributed by atoms with Crippen molar-refractivity contribution >= 4 is 11.9 Å². The molecule has 0 bridgehead atoms. The maximum Gasteiger partial charge on any atom is 0.326 e. The molecule has 3 N–H and O–H groups in total. The first-order chi connectivity index (χ1) is 7.63. The summed E-state index contributed by atoms with van der Waals surface area (Å²) in [6, 6.07) is -0.722. The molecule has 92 valence electrons. The quantitative estimate of drug-likeness (QED) is 0.587. The molecule has 1 heterocycles. The average molecular weight is 228 g/mol. The van der Waals surface area contributed by atoms with Crippen molar-refractivity contribution in [3.63, 3.8) is 0 Å². The van der Waals surface area contributed by atoms with Gasteiger partial charge in [-0.2, -0.15) is 0 Å². The molecule has 0 aromatic rings. The lowest BCUT2D eigenvalue weighted by Gasteiger charge is -2.27. The highest BCUT2D eigenvalue weighted by molar-refractivity contribution is 5.83. The molecule has 0 saturated carbocycles. The van der Waals surface area contributed by atoms with Gasteiger partial charge in [0.1, 0.15) is 6.04 Å². The lowest BCUT2D eigenvalue weighted by atomic mass is 9.98. The second-order valence-corrected chi connectivity index (χ2v) is 4.33. The Kier molecular flexibility index (Phi) is 5.25. The third kappa shape index (κ3) is 4.18. The lowest BCUT2D eigenvalue weighted by molar-refractivity contribution is -0.142. The Hall–Kier alpha value is -1.10. The Labute approximate surface area is 95.6 Å². The molecule has 1 aliphatic heterocycles. The van der Waals surface area contributed by atoms with Gasteiger partial charge in [0.25, 0.3) is 0 Å². The van der Waals surface area contributed by atoms with Crippen LogP contribution in [0.2, 0.25) is 0 Å². The van der Waals surface area contributed by atoms with Crippen LogP contribution in [0.1, 0.15) is 32.6 Å². The molecule has 1 aliphatic rings. The third-order valence-electron chi connectivity index (χ3n) is 2.82. The molecule has 1 saturated heterocycles. The summed E-state index contributed by atoms with van der Waals surface area (Å²) in [5, 5.41) is 14.6. The van der Waals surface area contributed by atoms with Crippen LogP contribution in [0.25, 0.3) is 0 Å². The van der Waals surface area contributed by atoms with Crippen LogP contribution in [0.15, 0.2) is 0 Å². The number of nitrogens with one attached hydrogen (secondary N) is 2. The van der Waals surface area contributed by atoms with E-state index in [1.165, 1.54) is 0 Å². The van der Waals surface area contributed by atoms with Gasteiger partial charge in [0.05, 0.1) is 0 Å². The number of unbranched alkanes of at least 4 members (excludes halogenated alkanes) is 1. The molecule has 1 amide bonds. The van der Waals surface area contributed by atoms with Crippen LogP contribution >= 0.6 is 0 Å². The molecule has 1 rings (SSSR count). The number of aliphatic carboxylic acids is 1. The van der Waals surface area contributed by atoms with E-state index < -0.39 is 12.0 Å². The zero-order chi connectivity index (χ0) is 12.0. The van der Waals surface area contributed by atoms with Crippen molar-refractivity contribution in [3.8, 4) is 0 Å². The lowest BCUT2D eigenvalue weighted by Crippen LogP contribution is -2.47. The van der Waals surface area contributed by atoms with Gasteiger partial charge in [-0.15, -0.1) is 0 Å². The van der Waals surface area contributed by atoms with Crippen LogP contribution < -0.4 is 10.6 Å². The highest BCUT2D eigenvalue weighted by atomic mass is 16.4. The second kappa shape index (κ2) is 6.48. The van der Waals surface area contributed by atoms with Crippen molar-refractivity contribution in [2.45, 2.75) is 38.6 Å². The average Bonchev–Trinajstić information content (AvgIpc) is 2.18. The highest BCUT2D eigenvalue weighted by Gasteiger charge is 2.23. The summed E-state index contributed by atoms with van der Waals surface area (Å²) in [5.74, 6) is -0.704. The van der Waals surface area contributed by atoms with Crippen molar-refractivity contribution in [2.24, 2.45) is 5.92 Å². The Morgan fingerprint density at radius 2 is 2.19 bits per heavy atom. The minimum Gasteiger partial charge on any atom is -0.480 e. The maximum atomic E-state index is 11.5. The zero-order valence-corrected chi connectivity index (χ0v) is 9.66. The highest BCUT2D eigenvalue weighted by Crippen LogP contribution is 2.08. The summed E-state index contributed by atoms with van der Waals surface area (Å²) in [5.41, 5.74) is 0. The van der Waals surface area contributed by atoms with Crippen LogP contribution in [0, 0.1) is 5.92 Å². The summed E-state index contributed by atoms with van der Waals surface area (Å²) in [4.78, 5) is 22.4. The van der Waals surface area contributed by atoms with E-state index in [9.17, 15) is 9.59 Å². The van der Waals surface area contributed by atoms with Crippen LogP contribution in [0.4, 0.5) is 0 Å². The van der Waals surface area contributed by atoms with Gasteiger partial charge in [0, 0.05) is 6.42 Å². The molecule has 1 fully saturated rings. The number of carbonyl (C=O) groups is 2. The van der Waals surface area contributed by atoms with Crippen LogP contribution in [0.3, 0.4) is 0 Å². The van der Waals surface area contributed by atoms with Gasteiger partial charge in [-0.05, 0) is 25.4 Å². The van der Waals surface area contributed by atoms with Crippen molar-refractivity contribution in [2.75, 3.05) is 13.1 Å². The topological polar surface area (TPSA) is 78.4 Å². The minimum absolute atomic E-state index is 0.144. The Bertz CT molecular complexity index is 252. The van der Waals surface area contributed by atoms with Gasteiger partial charge in [0.2, 0.25) is 5.91 Å². The molecule has 0 aromatic heterocycles. The minimum atomic E-state index is -0.937. The molecule has 5 nitrogen and oxygen atoms in total. The van der Waals surface area contributed by atoms with E-state index in [1.807, 2.05) is 6.92 Å². The molecule has 0 aromatic carbocycles. The molecule has 0 aliphatic carbocycles. The van der Waals surface area contributed by atoms with Crippen molar-refractivity contribution in [1.82, 2.24) is 10.6 Å². The first kappa shape index (κ1) is 13.0. The summed E-state index contributed by atoms with van der Waals surface area (Å²) in [7, 11) is 0. The van der Waals surface area contributed by atoms with E-state index in [0.717, 1.165) is 25.9 Å². The molecule has 1 atom stereocenters.